The lowest BCUT2D eigenvalue weighted by Gasteiger charge is -2.02. The molecule has 1 heterocycles. The van der Waals surface area contributed by atoms with Crippen LogP contribution >= 0.6 is 15.9 Å². The number of hydrogen-bond acceptors (Lipinski definition) is 3. The average molecular weight is 289 g/mol. The highest BCUT2D eigenvalue weighted by Crippen LogP contribution is 2.22. The number of anilines is 1. The Balaban J connectivity index is 2.16. The van der Waals surface area contributed by atoms with E-state index in [4.69, 9.17) is 5.73 Å². The number of nitrogen functional groups attached to an aromatic ring is 1. The van der Waals surface area contributed by atoms with E-state index in [1.807, 2.05) is 24.3 Å². The van der Waals surface area contributed by atoms with Crippen LogP contribution in [0.2, 0.25) is 0 Å². The highest BCUT2D eigenvalue weighted by atomic mass is 79.9. The molecule has 0 amide bonds. The van der Waals surface area contributed by atoms with Crippen LogP contribution in [-0.2, 0) is 0 Å². The topological polar surface area (TPSA) is 56.7 Å². The minimum absolute atomic E-state index is 0.418. The van der Waals surface area contributed by atoms with Crippen LogP contribution in [0.15, 0.2) is 47.1 Å². The molecule has 84 valence electrons. The molecule has 0 atom stereocenters. The lowest BCUT2D eigenvalue weighted by atomic mass is 10.1. The molecule has 0 radical (unpaired) electrons. The fourth-order valence-corrected chi connectivity index (χ4v) is 2.11. The first-order valence-corrected chi connectivity index (χ1v) is 5.89. The summed E-state index contributed by atoms with van der Waals surface area (Å²) in [5.74, 6) is 0.418. The molecule has 0 fully saturated rings. The van der Waals surface area contributed by atoms with Crippen molar-refractivity contribution in [3.63, 3.8) is 0 Å². The van der Waals surface area contributed by atoms with E-state index in [0.29, 0.717) is 5.82 Å². The monoisotopic (exact) mass is 288 g/mol. The molecule has 0 aliphatic carbocycles. The highest BCUT2D eigenvalue weighted by Gasteiger charge is 2.02. The first-order chi connectivity index (χ1) is 8.22. The van der Waals surface area contributed by atoms with Crippen LogP contribution in [0, 0.1) is 0 Å². The van der Waals surface area contributed by atoms with Gasteiger partial charge in [-0.15, -0.1) is 9.90 Å². The summed E-state index contributed by atoms with van der Waals surface area (Å²) < 4.78 is 1.07. The molecule has 17 heavy (non-hydrogen) atoms. The number of hydrogen-bond donors (Lipinski definition) is 1. The van der Waals surface area contributed by atoms with Crippen molar-refractivity contribution in [2.24, 2.45) is 0 Å². The smallest absolute Gasteiger partial charge is 0.166 e. The zero-order chi connectivity index (χ0) is 11.8. The molecule has 5 heteroatoms. The first kappa shape index (κ1) is 10.3. The van der Waals surface area contributed by atoms with Crippen LogP contribution in [0.25, 0.3) is 16.5 Å². The van der Waals surface area contributed by atoms with Crippen molar-refractivity contribution >= 4 is 32.5 Å². The maximum atomic E-state index is 5.55. The van der Waals surface area contributed by atoms with Gasteiger partial charge in [0.1, 0.15) is 0 Å². The summed E-state index contributed by atoms with van der Waals surface area (Å²) in [5, 5.41) is 10.5. The zero-order valence-corrected chi connectivity index (χ0v) is 10.4. The summed E-state index contributed by atoms with van der Waals surface area (Å²) in [7, 11) is 0. The molecule has 3 aromatic rings. The third kappa shape index (κ3) is 1.89. The van der Waals surface area contributed by atoms with Crippen molar-refractivity contribution in [3.8, 4) is 5.69 Å². The third-order valence-electron chi connectivity index (χ3n) is 2.53. The Hall–Kier alpha value is -1.88. The fourth-order valence-electron chi connectivity index (χ4n) is 1.73. The van der Waals surface area contributed by atoms with Gasteiger partial charge in [0.25, 0.3) is 0 Å². The number of benzene rings is 2. The Bertz CT molecular complexity index is 690. The molecule has 0 aliphatic heterocycles. The Labute approximate surface area is 106 Å². The van der Waals surface area contributed by atoms with E-state index in [1.54, 1.807) is 0 Å². The largest absolute Gasteiger partial charge is 0.381 e. The van der Waals surface area contributed by atoms with Gasteiger partial charge in [0.05, 0.1) is 11.9 Å². The maximum absolute atomic E-state index is 5.55. The van der Waals surface area contributed by atoms with Gasteiger partial charge in [-0.25, -0.2) is 0 Å². The predicted octanol–water partition coefficient (Wildman–Crippen LogP) is 2.77. The van der Waals surface area contributed by atoms with E-state index in [-0.39, 0.29) is 0 Å². The minimum Gasteiger partial charge on any atom is -0.381 e. The Morgan fingerprint density at radius 2 is 1.82 bits per heavy atom. The summed E-state index contributed by atoms with van der Waals surface area (Å²) in [6.45, 7) is 0. The molecule has 0 bridgehead atoms. The van der Waals surface area contributed by atoms with Crippen molar-refractivity contribution in [2.45, 2.75) is 0 Å². The molecule has 0 saturated carbocycles. The van der Waals surface area contributed by atoms with E-state index in [0.717, 1.165) is 15.5 Å². The third-order valence-corrected chi connectivity index (χ3v) is 3.02. The molecular weight excluding hydrogens is 280 g/mol. The SMILES string of the molecule is Nc1cnn(-c2ccc3cc(Br)ccc3c2)n1. The minimum atomic E-state index is 0.418. The Kier molecular flexibility index (Phi) is 2.33. The fraction of sp³-hybridized carbons (Fsp3) is 0. The highest BCUT2D eigenvalue weighted by molar-refractivity contribution is 9.10. The number of rotatable bonds is 1. The number of nitrogens with zero attached hydrogens (tertiary/aromatic N) is 3. The predicted molar refractivity (Wildman–Crippen MR) is 71.0 cm³/mol. The second-order valence-corrected chi connectivity index (χ2v) is 4.65. The van der Waals surface area contributed by atoms with Crippen molar-refractivity contribution in [1.82, 2.24) is 15.0 Å². The van der Waals surface area contributed by atoms with E-state index in [1.165, 1.54) is 16.4 Å². The molecule has 3 rings (SSSR count). The van der Waals surface area contributed by atoms with Crippen LogP contribution in [0.5, 0.6) is 0 Å². The van der Waals surface area contributed by atoms with Crippen molar-refractivity contribution in [2.75, 3.05) is 5.73 Å². The van der Waals surface area contributed by atoms with Gasteiger partial charge < -0.3 is 5.73 Å². The summed E-state index contributed by atoms with van der Waals surface area (Å²) in [6, 6.07) is 12.2. The first-order valence-electron chi connectivity index (χ1n) is 5.10. The van der Waals surface area contributed by atoms with Crippen molar-refractivity contribution in [1.29, 1.82) is 0 Å². The van der Waals surface area contributed by atoms with Crippen molar-refractivity contribution in [3.05, 3.63) is 47.1 Å². The second-order valence-electron chi connectivity index (χ2n) is 3.73. The summed E-state index contributed by atoms with van der Waals surface area (Å²) in [4.78, 5) is 1.52. The van der Waals surface area contributed by atoms with Crippen LogP contribution in [0.3, 0.4) is 0 Å². The second kappa shape index (κ2) is 3.85. The molecule has 2 N–H and O–H groups in total. The van der Waals surface area contributed by atoms with Gasteiger partial charge in [0, 0.05) is 4.47 Å². The summed E-state index contributed by atoms with van der Waals surface area (Å²) in [6.07, 6.45) is 1.53. The molecule has 0 spiro atoms. The van der Waals surface area contributed by atoms with Gasteiger partial charge in [-0.05, 0) is 35.0 Å². The van der Waals surface area contributed by atoms with Crippen LogP contribution < -0.4 is 5.73 Å². The van der Waals surface area contributed by atoms with Gasteiger partial charge >= 0.3 is 0 Å². The molecule has 0 saturated heterocycles. The van der Waals surface area contributed by atoms with Gasteiger partial charge in [-0.3, -0.25) is 0 Å². The van der Waals surface area contributed by atoms with Crippen LogP contribution in [-0.4, -0.2) is 15.0 Å². The molecule has 4 nitrogen and oxygen atoms in total. The van der Waals surface area contributed by atoms with Gasteiger partial charge in [-0.1, -0.05) is 28.1 Å². The van der Waals surface area contributed by atoms with Gasteiger partial charge in [0.15, 0.2) is 5.82 Å². The van der Waals surface area contributed by atoms with E-state index in [9.17, 15) is 0 Å². The number of nitrogens with two attached hydrogens (primary N) is 1. The Morgan fingerprint density at radius 3 is 2.59 bits per heavy atom. The standard InChI is InChI=1S/C12H9BrN4/c13-10-3-1-9-6-11(4-2-8(9)5-10)17-15-7-12(14)16-17/h1-7H,(H2,14,16). The molecule has 0 unspecified atom stereocenters. The van der Waals surface area contributed by atoms with Gasteiger partial charge in [0.2, 0.25) is 0 Å². The van der Waals surface area contributed by atoms with Crippen LogP contribution in [0.4, 0.5) is 5.82 Å². The number of aromatic nitrogens is 3. The number of halogens is 1. The lowest BCUT2D eigenvalue weighted by Crippen LogP contribution is -1.99. The molecule has 1 aromatic heterocycles. The maximum Gasteiger partial charge on any atom is 0.166 e. The normalized spacial score (nSPS) is 10.9. The number of fused-ring (bicyclic) bond motifs is 1. The summed E-state index contributed by atoms with van der Waals surface area (Å²) in [5.41, 5.74) is 6.45. The zero-order valence-electron chi connectivity index (χ0n) is 8.84. The van der Waals surface area contributed by atoms with Crippen LogP contribution in [0.1, 0.15) is 0 Å². The van der Waals surface area contributed by atoms with Gasteiger partial charge in [-0.2, -0.15) is 5.10 Å². The summed E-state index contributed by atoms with van der Waals surface area (Å²) >= 11 is 3.45. The average Bonchev–Trinajstić information content (AvgIpc) is 2.75. The van der Waals surface area contributed by atoms with E-state index in [2.05, 4.69) is 38.3 Å². The van der Waals surface area contributed by atoms with Crippen molar-refractivity contribution < 1.29 is 0 Å². The quantitative estimate of drug-likeness (QED) is 0.749. The molecule has 0 aliphatic rings. The lowest BCUT2D eigenvalue weighted by molar-refractivity contribution is 0.755. The molecule has 2 aromatic carbocycles. The van der Waals surface area contributed by atoms with E-state index < -0.39 is 0 Å². The molecular formula is C12H9BrN4. The Morgan fingerprint density at radius 1 is 1.06 bits per heavy atom. The van der Waals surface area contributed by atoms with E-state index >= 15 is 0 Å².